The predicted octanol–water partition coefficient (Wildman–Crippen LogP) is 2.02. The van der Waals surface area contributed by atoms with Gasteiger partial charge in [-0.15, -0.1) is 0 Å². The first-order valence-electron chi connectivity index (χ1n) is 9.27. The van der Waals surface area contributed by atoms with E-state index in [4.69, 9.17) is 4.74 Å². The quantitative estimate of drug-likeness (QED) is 0.793. The van der Waals surface area contributed by atoms with Crippen LogP contribution >= 0.6 is 0 Å². The minimum atomic E-state index is -0.380. The molecule has 1 aromatic rings. The number of benzene rings is 1. The zero-order valence-electron chi connectivity index (χ0n) is 15.2. The maximum Gasteiger partial charge on any atom is 0.251 e. The molecule has 1 heterocycles. The number of piperazine rings is 1. The number of hydrogen-bond donors (Lipinski definition) is 0. The van der Waals surface area contributed by atoms with Crippen LogP contribution in [0.3, 0.4) is 0 Å². The van der Waals surface area contributed by atoms with Crippen molar-refractivity contribution < 1.29 is 14.3 Å². The maximum absolute atomic E-state index is 12.5. The Hall–Kier alpha value is -1.88. The topological polar surface area (TPSA) is 49.9 Å². The van der Waals surface area contributed by atoms with E-state index in [-0.39, 0.29) is 17.9 Å². The highest BCUT2D eigenvalue weighted by Gasteiger charge is 2.29. The van der Waals surface area contributed by atoms with Crippen LogP contribution in [-0.4, -0.2) is 60.5 Å². The average molecular weight is 344 g/mol. The normalized spacial score (nSPS) is 19.0. The molecule has 1 atom stereocenters. The summed E-state index contributed by atoms with van der Waals surface area (Å²) in [5.74, 6) is 0.845. The fourth-order valence-electron chi connectivity index (χ4n) is 3.15. The van der Waals surface area contributed by atoms with E-state index in [1.807, 2.05) is 47.9 Å². The number of rotatable bonds is 6. The summed E-state index contributed by atoms with van der Waals surface area (Å²) in [6, 6.07) is 7.99. The fraction of sp³-hybridized carbons (Fsp3) is 0.600. The van der Waals surface area contributed by atoms with Gasteiger partial charge in [0.1, 0.15) is 6.10 Å². The van der Waals surface area contributed by atoms with Crippen LogP contribution in [0.2, 0.25) is 0 Å². The van der Waals surface area contributed by atoms with Gasteiger partial charge in [-0.1, -0.05) is 24.3 Å². The second-order valence-corrected chi connectivity index (χ2v) is 7.23. The summed E-state index contributed by atoms with van der Waals surface area (Å²) in [5, 5.41) is 0. The number of amides is 2. The SMILES string of the molecule is Cc1ccccc1CC(=O)N1CCN(C(=O)C(C)OCC2CC2)CC1. The zero-order chi connectivity index (χ0) is 17.8. The Bertz CT molecular complexity index is 619. The van der Waals surface area contributed by atoms with Crippen molar-refractivity contribution in [2.24, 2.45) is 5.92 Å². The molecule has 5 heteroatoms. The lowest BCUT2D eigenvalue weighted by molar-refractivity contribution is -0.147. The van der Waals surface area contributed by atoms with Gasteiger partial charge < -0.3 is 14.5 Å². The number of aryl methyl sites for hydroxylation is 1. The molecule has 136 valence electrons. The van der Waals surface area contributed by atoms with Crippen LogP contribution in [0.15, 0.2) is 24.3 Å². The van der Waals surface area contributed by atoms with E-state index in [0.717, 1.165) is 11.1 Å². The molecule has 2 fully saturated rings. The van der Waals surface area contributed by atoms with Crippen molar-refractivity contribution in [2.75, 3.05) is 32.8 Å². The van der Waals surface area contributed by atoms with Gasteiger partial charge in [0.2, 0.25) is 5.91 Å². The van der Waals surface area contributed by atoms with Gasteiger partial charge in [0, 0.05) is 26.2 Å². The van der Waals surface area contributed by atoms with Gasteiger partial charge >= 0.3 is 0 Å². The predicted molar refractivity (Wildman–Crippen MR) is 96.2 cm³/mol. The van der Waals surface area contributed by atoms with Gasteiger partial charge in [0.15, 0.2) is 0 Å². The molecule has 1 aliphatic carbocycles. The van der Waals surface area contributed by atoms with E-state index in [9.17, 15) is 9.59 Å². The largest absolute Gasteiger partial charge is 0.368 e. The lowest BCUT2D eigenvalue weighted by atomic mass is 10.1. The van der Waals surface area contributed by atoms with Crippen molar-refractivity contribution in [1.82, 2.24) is 9.80 Å². The maximum atomic E-state index is 12.5. The number of carbonyl (C=O) groups excluding carboxylic acids is 2. The summed E-state index contributed by atoms with van der Waals surface area (Å²) in [6.45, 7) is 6.95. The third-order valence-electron chi connectivity index (χ3n) is 5.17. The first-order valence-corrected chi connectivity index (χ1v) is 9.27. The highest BCUT2D eigenvalue weighted by molar-refractivity contribution is 5.82. The molecule has 0 aromatic heterocycles. The third kappa shape index (κ3) is 4.82. The first kappa shape index (κ1) is 17.9. The molecule has 25 heavy (non-hydrogen) atoms. The van der Waals surface area contributed by atoms with Crippen molar-refractivity contribution >= 4 is 11.8 Å². The summed E-state index contributed by atoms with van der Waals surface area (Å²) in [5.41, 5.74) is 2.22. The van der Waals surface area contributed by atoms with Gasteiger partial charge in [0.05, 0.1) is 13.0 Å². The van der Waals surface area contributed by atoms with Crippen LogP contribution in [0.25, 0.3) is 0 Å². The van der Waals surface area contributed by atoms with E-state index in [0.29, 0.717) is 45.1 Å². The van der Waals surface area contributed by atoms with Gasteiger partial charge in [0.25, 0.3) is 5.91 Å². The molecule has 1 unspecified atom stereocenters. The lowest BCUT2D eigenvalue weighted by Gasteiger charge is -2.36. The summed E-state index contributed by atoms with van der Waals surface area (Å²) in [6.07, 6.45) is 2.50. The molecule has 5 nitrogen and oxygen atoms in total. The monoisotopic (exact) mass is 344 g/mol. The van der Waals surface area contributed by atoms with Crippen molar-refractivity contribution in [2.45, 2.75) is 39.2 Å². The van der Waals surface area contributed by atoms with Crippen molar-refractivity contribution in [3.8, 4) is 0 Å². The van der Waals surface area contributed by atoms with E-state index in [1.54, 1.807) is 0 Å². The van der Waals surface area contributed by atoms with Crippen LogP contribution in [0, 0.1) is 12.8 Å². The molecule has 0 bridgehead atoms. The molecule has 0 N–H and O–H groups in total. The van der Waals surface area contributed by atoms with E-state index in [2.05, 4.69) is 0 Å². The molecule has 3 rings (SSSR count). The minimum Gasteiger partial charge on any atom is -0.368 e. The molecular weight excluding hydrogens is 316 g/mol. The average Bonchev–Trinajstić information content (AvgIpc) is 3.45. The van der Waals surface area contributed by atoms with Gasteiger partial charge in [-0.3, -0.25) is 9.59 Å². The minimum absolute atomic E-state index is 0.0478. The molecule has 1 saturated carbocycles. The fourth-order valence-corrected chi connectivity index (χ4v) is 3.15. The number of ether oxygens (including phenoxy) is 1. The van der Waals surface area contributed by atoms with E-state index < -0.39 is 0 Å². The highest BCUT2D eigenvalue weighted by Crippen LogP contribution is 2.29. The van der Waals surface area contributed by atoms with E-state index in [1.165, 1.54) is 12.8 Å². The van der Waals surface area contributed by atoms with E-state index >= 15 is 0 Å². The molecule has 1 aromatic carbocycles. The Morgan fingerprint density at radius 2 is 1.76 bits per heavy atom. The summed E-state index contributed by atoms with van der Waals surface area (Å²) >= 11 is 0. The molecule has 0 spiro atoms. The number of hydrogen-bond acceptors (Lipinski definition) is 3. The number of carbonyl (C=O) groups is 2. The van der Waals surface area contributed by atoms with Crippen LogP contribution in [0.5, 0.6) is 0 Å². The lowest BCUT2D eigenvalue weighted by Crippen LogP contribution is -2.53. The molecule has 0 radical (unpaired) electrons. The van der Waals surface area contributed by atoms with Crippen molar-refractivity contribution in [3.63, 3.8) is 0 Å². The smallest absolute Gasteiger partial charge is 0.251 e. The van der Waals surface area contributed by atoms with Crippen LogP contribution < -0.4 is 0 Å². The van der Waals surface area contributed by atoms with Crippen molar-refractivity contribution in [1.29, 1.82) is 0 Å². The molecule has 1 saturated heterocycles. The summed E-state index contributed by atoms with van der Waals surface area (Å²) in [4.78, 5) is 28.6. The van der Waals surface area contributed by atoms with Crippen LogP contribution in [0.1, 0.15) is 30.9 Å². The van der Waals surface area contributed by atoms with Gasteiger partial charge in [-0.2, -0.15) is 0 Å². The second-order valence-electron chi connectivity index (χ2n) is 7.23. The van der Waals surface area contributed by atoms with Crippen LogP contribution in [-0.2, 0) is 20.7 Å². The Labute approximate surface area is 149 Å². The van der Waals surface area contributed by atoms with Gasteiger partial charge in [-0.05, 0) is 43.7 Å². The molecule has 2 aliphatic rings. The van der Waals surface area contributed by atoms with Crippen molar-refractivity contribution in [3.05, 3.63) is 35.4 Å². The summed E-state index contributed by atoms with van der Waals surface area (Å²) < 4.78 is 5.68. The molecule has 2 amide bonds. The Balaban J connectivity index is 1.45. The Morgan fingerprint density at radius 1 is 1.12 bits per heavy atom. The Kier molecular flexibility index (Phi) is 5.74. The second kappa shape index (κ2) is 8.00. The van der Waals surface area contributed by atoms with Gasteiger partial charge in [-0.25, -0.2) is 0 Å². The third-order valence-corrected chi connectivity index (χ3v) is 5.17. The van der Waals surface area contributed by atoms with Crippen LogP contribution in [0.4, 0.5) is 0 Å². The highest BCUT2D eigenvalue weighted by atomic mass is 16.5. The molecule has 1 aliphatic heterocycles. The first-order chi connectivity index (χ1) is 12.0. The Morgan fingerprint density at radius 3 is 2.40 bits per heavy atom. The number of nitrogens with zero attached hydrogens (tertiary/aromatic N) is 2. The standard InChI is InChI=1S/C20H28N2O3/c1-15-5-3-4-6-18(15)13-19(23)21-9-11-22(12-10-21)20(24)16(2)25-14-17-7-8-17/h3-6,16-17H,7-14H2,1-2H3. The summed E-state index contributed by atoms with van der Waals surface area (Å²) in [7, 11) is 0. The molecular formula is C20H28N2O3. The zero-order valence-corrected chi connectivity index (χ0v) is 15.2.